The summed E-state index contributed by atoms with van der Waals surface area (Å²) in [5, 5.41) is 53.6. The second kappa shape index (κ2) is 12.5. The van der Waals surface area contributed by atoms with E-state index in [1.165, 1.54) is 0 Å². The maximum absolute atomic E-state index is 14.1. The third-order valence-electron chi connectivity index (χ3n) is 18.2. The van der Waals surface area contributed by atoms with Gasteiger partial charge in [0.1, 0.15) is 42.7 Å². The summed E-state index contributed by atoms with van der Waals surface area (Å²) in [7, 11) is 1.15. The fourth-order valence-corrected chi connectivity index (χ4v) is 15.0. The second-order valence-electron chi connectivity index (χ2n) is 21.4. The Labute approximate surface area is 329 Å². The molecule has 9 rings (SSSR count). The van der Waals surface area contributed by atoms with Crippen molar-refractivity contribution in [3.05, 3.63) is 0 Å². The van der Waals surface area contributed by atoms with Crippen molar-refractivity contribution in [3.8, 4) is 0 Å². The van der Waals surface area contributed by atoms with Crippen molar-refractivity contribution in [2.45, 2.75) is 185 Å². The van der Waals surface area contributed by atoms with Gasteiger partial charge in [0.05, 0.1) is 31.3 Å². The van der Waals surface area contributed by atoms with Crippen molar-refractivity contribution in [2.75, 3.05) is 13.7 Å². The van der Waals surface area contributed by atoms with Crippen LogP contribution < -0.4 is 0 Å². The Balaban J connectivity index is 0.983. The number of carbonyl (C=O) groups is 2. The molecule has 0 amide bonds. The number of carbonyl (C=O) groups excluding carboxylic acids is 2. The molecule has 0 aromatic heterocycles. The molecule has 14 heteroatoms. The molecule has 9 aliphatic rings. The zero-order valence-corrected chi connectivity index (χ0v) is 34.1. The lowest BCUT2D eigenvalue weighted by Crippen LogP contribution is -2.75. The van der Waals surface area contributed by atoms with Crippen molar-refractivity contribution in [2.24, 2.45) is 50.2 Å². The monoisotopic (exact) mass is 792 g/mol. The zero-order valence-electron chi connectivity index (χ0n) is 34.1. The molecule has 0 radical (unpaired) electrons. The number of rotatable bonds is 5. The summed E-state index contributed by atoms with van der Waals surface area (Å²) in [5.41, 5.74) is -1.89. The predicted octanol–water partition coefficient (Wildman–Crippen LogP) is 2.36. The summed E-state index contributed by atoms with van der Waals surface area (Å²) in [6.07, 6.45) is -6.61. The summed E-state index contributed by atoms with van der Waals surface area (Å²) in [6.45, 7) is 16.1. The molecule has 14 nitrogen and oxygen atoms in total. The standard InChI is InChI=1S/C42H64O14/c1-36(2)13-15-41-16-14-40(7)39(6)12-9-20-37(3,4)22(10-11-38(20,5)30(39)29-31(53-29)42(40,21(41)17-36)56-35(41)49)52-34-26(47)27(25(46)28(55-34)32(48)50-8)54-33-24(45)23(44)19(43)18-51-33/h19-31,33-34,43-47H,9-18H2,1-8H3/t19-,20-,21+,22-,23-,24+,25-,26+,27-,28-,29-,30+,31-,33-,34+,38-,39+,40-,41-,42+/m0/s1. The number of methoxy groups -OCH3 is 1. The van der Waals surface area contributed by atoms with Crippen LogP contribution in [0.2, 0.25) is 0 Å². The van der Waals surface area contributed by atoms with Crippen LogP contribution in [0.25, 0.3) is 0 Å². The molecule has 2 bridgehead atoms. The van der Waals surface area contributed by atoms with E-state index in [-0.39, 0.29) is 64.2 Å². The molecule has 1 spiro atoms. The fourth-order valence-electron chi connectivity index (χ4n) is 15.0. The minimum atomic E-state index is -1.73. The van der Waals surface area contributed by atoms with Gasteiger partial charge in [-0.05, 0) is 91.3 Å². The molecule has 0 aromatic rings. The highest BCUT2D eigenvalue weighted by Gasteiger charge is 2.89. The van der Waals surface area contributed by atoms with Crippen LogP contribution in [0.15, 0.2) is 0 Å². The van der Waals surface area contributed by atoms with Gasteiger partial charge in [-0.3, -0.25) is 4.79 Å². The molecule has 5 aliphatic carbocycles. The van der Waals surface area contributed by atoms with Crippen molar-refractivity contribution in [3.63, 3.8) is 0 Å². The summed E-state index contributed by atoms with van der Waals surface area (Å²) < 4.78 is 42.6. The number of aliphatic hydroxyl groups excluding tert-OH is 5. The highest BCUT2D eigenvalue weighted by molar-refractivity contribution is 5.82. The SMILES string of the molecule is COC(=O)[C@H]1O[C@@H](O[C@H]2CC[C@]3(C)[C@H]4[C@@H]5O[C@@H]5[C@]56OC(=O)[C@@]7(CCC(C)(C)C[C@H]75)CC[C@@]6(C)[C@]4(C)CC[C@H]3C2(C)C)[C@H](O)[C@@H](O[C@@H]2OC[C@H](O)[C@H](O)[C@H]2O)[C@@H]1O. The van der Waals surface area contributed by atoms with E-state index < -0.39 is 83.8 Å². The van der Waals surface area contributed by atoms with E-state index in [1.54, 1.807) is 0 Å². The number of fused-ring (bicyclic) bond motifs is 6. The molecule has 5 N–H and O–H groups in total. The van der Waals surface area contributed by atoms with Gasteiger partial charge in [-0.1, -0.05) is 48.5 Å². The first-order valence-electron chi connectivity index (χ1n) is 21.1. The van der Waals surface area contributed by atoms with Crippen LogP contribution in [0.5, 0.6) is 0 Å². The third-order valence-corrected chi connectivity index (χ3v) is 18.2. The average molecular weight is 793 g/mol. The zero-order chi connectivity index (χ0) is 40.3. The minimum Gasteiger partial charge on any atom is -0.467 e. The summed E-state index contributed by atoms with van der Waals surface area (Å²) in [6, 6.07) is 0. The quantitative estimate of drug-likeness (QED) is 0.154. The molecule has 4 heterocycles. The average Bonchev–Trinajstić information content (AvgIpc) is 3.89. The van der Waals surface area contributed by atoms with Crippen LogP contribution in [0, 0.1) is 50.2 Å². The first-order valence-corrected chi connectivity index (χ1v) is 21.1. The van der Waals surface area contributed by atoms with Crippen LogP contribution in [0.1, 0.15) is 106 Å². The molecule has 9 fully saturated rings. The molecular weight excluding hydrogens is 728 g/mol. The van der Waals surface area contributed by atoms with Gasteiger partial charge >= 0.3 is 11.9 Å². The molecule has 0 unspecified atom stereocenters. The minimum absolute atomic E-state index is 0.0114. The van der Waals surface area contributed by atoms with Crippen molar-refractivity contribution >= 4 is 11.9 Å². The van der Waals surface area contributed by atoms with Gasteiger partial charge in [0.25, 0.3) is 0 Å². The second-order valence-corrected chi connectivity index (χ2v) is 21.4. The van der Waals surface area contributed by atoms with Crippen LogP contribution in [-0.4, -0.2) is 130 Å². The van der Waals surface area contributed by atoms with E-state index in [0.717, 1.165) is 58.5 Å². The molecule has 20 atom stereocenters. The molecular formula is C42H64O14. The van der Waals surface area contributed by atoms with Crippen LogP contribution in [0.3, 0.4) is 0 Å². The van der Waals surface area contributed by atoms with Gasteiger partial charge < -0.3 is 58.7 Å². The Morgan fingerprint density at radius 1 is 0.768 bits per heavy atom. The van der Waals surface area contributed by atoms with Gasteiger partial charge in [0.2, 0.25) is 0 Å². The van der Waals surface area contributed by atoms with Crippen molar-refractivity contribution in [1.29, 1.82) is 0 Å². The smallest absolute Gasteiger partial charge is 0.337 e. The van der Waals surface area contributed by atoms with Gasteiger partial charge in [0.15, 0.2) is 24.3 Å². The Kier molecular flexibility index (Phi) is 8.95. The number of hydrogen-bond acceptors (Lipinski definition) is 14. The van der Waals surface area contributed by atoms with Crippen LogP contribution >= 0.6 is 0 Å². The molecule has 0 aromatic carbocycles. The van der Waals surface area contributed by atoms with Crippen LogP contribution in [-0.2, 0) is 42.7 Å². The highest BCUT2D eigenvalue weighted by atomic mass is 16.7. The van der Waals surface area contributed by atoms with Gasteiger partial charge in [-0.25, -0.2) is 4.79 Å². The number of aliphatic hydroxyl groups is 5. The molecule has 5 saturated carbocycles. The first kappa shape index (κ1) is 40.0. The lowest BCUT2D eigenvalue weighted by atomic mass is 9.31. The van der Waals surface area contributed by atoms with Gasteiger partial charge in [-0.2, -0.15) is 0 Å². The Morgan fingerprint density at radius 2 is 1.48 bits per heavy atom. The summed E-state index contributed by atoms with van der Waals surface area (Å²) in [5.74, 6) is -0.332. The van der Waals surface area contributed by atoms with E-state index >= 15 is 0 Å². The largest absolute Gasteiger partial charge is 0.467 e. The Morgan fingerprint density at radius 3 is 2.20 bits per heavy atom. The number of ether oxygens (including phenoxy) is 7. The molecule has 316 valence electrons. The van der Waals surface area contributed by atoms with E-state index in [4.69, 9.17) is 33.2 Å². The summed E-state index contributed by atoms with van der Waals surface area (Å²) >= 11 is 0. The van der Waals surface area contributed by atoms with E-state index in [0.29, 0.717) is 6.42 Å². The topological polar surface area (TPSA) is 203 Å². The summed E-state index contributed by atoms with van der Waals surface area (Å²) in [4.78, 5) is 27.0. The molecule has 56 heavy (non-hydrogen) atoms. The number of esters is 2. The molecule has 4 aliphatic heterocycles. The maximum atomic E-state index is 14.1. The highest BCUT2D eigenvalue weighted by Crippen LogP contribution is 2.83. The van der Waals surface area contributed by atoms with Gasteiger partial charge in [0, 0.05) is 11.3 Å². The lowest BCUT2D eigenvalue weighted by Gasteiger charge is -2.72. The number of hydrogen-bond donors (Lipinski definition) is 5. The first-order chi connectivity index (χ1) is 26.1. The van der Waals surface area contributed by atoms with E-state index in [2.05, 4.69) is 48.5 Å². The Hall–Kier alpha value is -1.46. The van der Waals surface area contributed by atoms with Crippen molar-refractivity contribution < 1.29 is 68.3 Å². The van der Waals surface area contributed by atoms with Gasteiger partial charge in [-0.15, -0.1) is 0 Å². The lowest BCUT2D eigenvalue weighted by molar-refractivity contribution is -0.358. The number of epoxide rings is 1. The molecule has 4 saturated heterocycles. The fraction of sp³-hybridized carbons (Fsp3) is 0.952. The third kappa shape index (κ3) is 4.97. The predicted molar refractivity (Wildman–Crippen MR) is 194 cm³/mol. The van der Waals surface area contributed by atoms with E-state index in [9.17, 15) is 35.1 Å². The van der Waals surface area contributed by atoms with Crippen LogP contribution in [0.4, 0.5) is 0 Å². The Bertz CT molecular complexity index is 1620. The normalized spacial score (nSPS) is 57.7. The van der Waals surface area contributed by atoms with E-state index in [1.807, 2.05) is 0 Å². The van der Waals surface area contributed by atoms with Crippen molar-refractivity contribution in [1.82, 2.24) is 0 Å². The maximum Gasteiger partial charge on any atom is 0.337 e.